The van der Waals surface area contributed by atoms with Crippen LogP contribution in [0.2, 0.25) is 0 Å². The molecule has 5 aliphatic rings. The summed E-state index contributed by atoms with van der Waals surface area (Å²) in [6.07, 6.45) is 6.79. The van der Waals surface area contributed by atoms with Crippen LogP contribution in [0.4, 0.5) is 4.79 Å². The second kappa shape index (κ2) is 13.5. The van der Waals surface area contributed by atoms with E-state index in [1.54, 1.807) is 25.7 Å². The van der Waals surface area contributed by atoms with Gasteiger partial charge in [-0.05, 0) is 93.1 Å². The largest absolute Gasteiger partial charge is 0.363 e. The van der Waals surface area contributed by atoms with Gasteiger partial charge in [-0.1, -0.05) is 70.2 Å². The number of primary amides is 1. The minimum Gasteiger partial charge on any atom is -0.363 e. The van der Waals surface area contributed by atoms with Gasteiger partial charge >= 0.3 is 6.03 Å². The predicted octanol–water partition coefficient (Wildman–Crippen LogP) is 2.81. The van der Waals surface area contributed by atoms with E-state index in [0.717, 1.165) is 43.2 Å². The lowest BCUT2D eigenvalue weighted by Crippen LogP contribution is -2.63. The van der Waals surface area contributed by atoms with Crippen LogP contribution in [0.1, 0.15) is 97.1 Å². The second-order valence-corrected chi connectivity index (χ2v) is 20.3. The third-order valence-electron chi connectivity index (χ3n) is 12.6. The SMILES string of the molecule is CC1(C)[C@@H]2[C@@H](C(=O)NC(CC3CC3)C(=O)C(N)=O)N(C(=O)[C@@H](NC(=O)NC3(CS(=O)(=O)C(C)(C)C)CCCCC3)C3Cc4ccccc4C3)C[C@@H]21. The standard InChI is InChI=1S/C38H55N5O7S/c1-36(2,3)51(49,50)21-38(15-9-6-10-16-38)42-35(48)41-29(25-18-23-11-7-8-12-24(23)19-25)34(47)43-20-26-28(37(26,4)5)30(43)33(46)40-27(17-22-13-14-22)31(44)32(39)45/h7-8,11-12,22,25-30H,6,9-10,13-21H2,1-5H3,(H2,39,45)(H,40,46)(H2,41,42,48)/t26-,27?,28-,29-,30-/m0/s1. The van der Waals surface area contributed by atoms with E-state index in [1.807, 2.05) is 24.3 Å². The number of nitrogens with two attached hydrogens (primary N) is 1. The lowest BCUT2D eigenvalue weighted by atomic mass is 9.83. The highest BCUT2D eigenvalue weighted by molar-refractivity contribution is 7.92. The Morgan fingerprint density at radius 1 is 0.961 bits per heavy atom. The Balaban J connectivity index is 1.27. The van der Waals surface area contributed by atoms with Crippen molar-refractivity contribution in [3.63, 3.8) is 0 Å². The summed E-state index contributed by atoms with van der Waals surface area (Å²) in [7, 11) is -3.58. The molecule has 5 amide bonds. The molecule has 13 heteroatoms. The summed E-state index contributed by atoms with van der Waals surface area (Å²) in [5, 5.41) is 8.87. The molecule has 0 bridgehead atoms. The van der Waals surface area contributed by atoms with Gasteiger partial charge in [0, 0.05) is 6.54 Å². The van der Waals surface area contributed by atoms with Crippen molar-refractivity contribution in [3.05, 3.63) is 35.4 Å². The summed E-state index contributed by atoms with van der Waals surface area (Å²) in [5.41, 5.74) is 6.36. The molecule has 12 nitrogen and oxygen atoms in total. The first kappa shape index (κ1) is 37.3. The summed E-state index contributed by atoms with van der Waals surface area (Å²) in [5.74, 6) is -3.19. The second-order valence-electron chi connectivity index (χ2n) is 17.6. The molecular weight excluding hydrogens is 671 g/mol. The molecule has 0 spiro atoms. The lowest BCUT2D eigenvalue weighted by Gasteiger charge is -2.40. The van der Waals surface area contributed by atoms with Crippen LogP contribution in [0.3, 0.4) is 0 Å². The Labute approximate surface area is 301 Å². The van der Waals surface area contributed by atoms with Crippen LogP contribution in [0.15, 0.2) is 24.3 Å². The molecule has 6 rings (SSSR count). The van der Waals surface area contributed by atoms with E-state index < -0.39 is 61.9 Å². The maximum absolute atomic E-state index is 14.8. The summed E-state index contributed by atoms with van der Waals surface area (Å²) < 4.78 is 25.9. The molecule has 0 radical (unpaired) electrons. The first-order valence-corrected chi connectivity index (χ1v) is 20.3. The number of carbonyl (C=O) groups excluding carboxylic acids is 5. The number of benzene rings is 1. The van der Waals surface area contributed by atoms with Gasteiger partial charge in [-0.25, -0.2) is 13.2 Å². The van der Waals surface area contributed by atoms with Crippen molar-refractivity contribution in [2.75, 3.05) is 12.3 Å². The van der Waals surface area contributed by atoms with Gasteiger partial charge in [-0.3, -0.25) is 19.2 Å². The van der Waals surface area contributed by atoms with Crippen LogP contribution in [0.25, 0.3) is 0 Å². The molecule has 51 heavy (non-hydrogen) atoms. The maximum Gasteiger partial charge on any atom is 0.315 e. The Morgan fingerprint density at radius 3 is 2.12 bits per heavy atom. The molecule has 280 valence electrons. The number of amides is 5. The van der Waals surface area contributed by atoms with Crippen LogP contribution in [-0.4, -0.2) is 83.6 Å². The van der Waals surface area contributed by atoms with E-state index in [-0.39, 0.29) is 40.7 Å². The number of hydrogen-bond acceptors (Lipinski definition) is 7. The Bertz CT molecular complexity index is 1670. The van der Waals surface area contributed by atoms with Gasteiger partial charge in [0.2, 0.25) is 17.6 Å². The van der Waals surface area contributed by atoms with Crippen molar-refractivity contribution >= 4 is 39.4 Å². The van der Waals surface area contributed by atoms with E-state index >= 15 is 0 Å². The van der Waals surface area contributed by atoms with Crippen molar-refractivity contribution in [2.24, 2.45) is 34.8 Å². The van der Waals surface area contributed by atoms with Gasteiger partial charge < -0.3 is 26.6 Å². The number of likely N-dealkylation sites (tertiary alicyclic amines) is 1. The van der Waals surface area contributed by atoms with Crippen LogP contribution in [0.5, 0.6) is 0 Å². The summed E-state index contributed by atoms with van der Waals surface area (Å²) in [6, 6.07) is 4.39. The average Bonchev–Trinajstić information content (AvgIpc) is 3.80. The third-order valence-corrected chi connectivity index (χ3v) is 15.4. The zero-order valence-electron chi connectivity index (χ0n) is 30.6. The van der Waals surface area contributed by atoms with Gasteiger partial charge in [0.25, 0.3) is 5.91 Å². The van der Waals surface area contributed by atoms with Crippen molar-refractivity contribution < 1.29 is 32.4 Å². The number of urea groups is 1. The number of rotatable bonds is 12. The first-order valence-electron chi connectivity index (χ1n) is 18.7. The molecule has 1 aliphatic heterocycles. The topological polar surface area (TPSA) is 185 Å². The van der Waals surface area contributed by atoms with Gasteiger partial charge in [-0.2, -0.15) is 0 Å². The Morgan fingerprint density at radius 2 is 1.57 bits per heavy atom. The summed E-state index contributed by atoms with van der Waals surface area (Å²) in [6.45, 7) is 9.44. The number of Topliss-reactive ketones (excluding diaryl/α,β-unsaturated/α-hetero) is 1. The maximum atomic E-state index is 14.8. The van der Waals surface area contributed by atoms with Gasteiger partial charge in [-0.15, -0.1) is 0 Å². The number of carbonyl (C=O) groups is 5. The minimum atomic E-state index is -3.58. The van der Waals surface area contributed by atoms with Gasteiger partial charge in [0.15, 0.2) is 9.84 Å². The number of nitrogens with one attached hydrogen (secondary N) is 3. The fourth-order valence-electron chi connectivity index (χ4n) is 9.08. The highest BCUT2D eigenvalue weighted by Gasteiger charge is 2.70. The molecule has 4 fully saturated rings. The van der Waals surface area contributed by atoms with Crippen molar-refractivity contribution in [1.82, 2.24) is 20.9 Å². The van der Waals surface area contributed by atoms with Crippen molar-refractivity contribution in [3.8, 4) is 0 Å². The molecule has 1 aromatic rings. The van der Waals surface area contributed by atoms with E-state index in [2.05, 4.69) is 29.8 Å². The molecule has 0 aromatic heterocycles. The van der Waals surface area contributed by atoms with E-state index in [1.165, 1.54) is 0 Å². The lowest BCUT2D eigenvalue weighted by molar-refractivity contribution is -0.144. The number of fused-ring (bicyclic) bond motifs is 2. The van der Waals surface area contributed by atoms with Gasteiger partial charge in [0.1, 0.15) is 12.1 Å². The third kappa shape index (κ3) is 7.55. The van der Waals surface area contributed by atoms with Gasteiger partial charge in [0.05, 0.1) is 22.1 Å². The fourth-order valence-corrected chi connectivity index (χ4v) is 10.6. The Hall–Kier alpha value is -3.48. The number of ketones is 1. The number of piperidine rings is 1. The summed E-state index contributed by atoms with van der Waals surface area (Å²) in [4.78, 5) is 69.2. The van der Waals surface area contributed by atoms with E-state index in [9.17, 15) is 32.4 Å². The van der Waals surface area contributed by atoms with Crippen LogP contribution in [-0.2, 0) is 41.9 Å². The number of hydrogen-bond donors (Lipinski definition) is 4. The highest BCUT2D eigenvalue weighted by Crippen LogP contribution is 2.65. The first-order chi connectivity index (χ1) is 23.8. The van der Waals surface area contributed by atoms with Crippen molar-refractivity contribution in [1.29, 1.82) is 0 Å². The number of sulfone groups is 1. The van der Waals surface area contributed by atoms with Crippen molar-refractivity contribution in [2.45, 2.75) is 127 Å². The molecule has 1 aromatic carbocycles. The highest BCUT2D eigenvalue weighted by atomic mass is 32.2. The molecule has 1 unspecified atom stereocenters. The number of nitrogens with zero attached hydrogens (tertiary/aromatic N) is 1. The molecule has 5 N–H and O–H groups in total. The zero-order chi connectivity index (χ0) is 37.1. The molecular formula is C38H55N5O7S. The molecule has 5 atom stereocenters. The molecule has 1 saturated heterocycles. The van der Waals surface area contributed by atoms with Crippen LogP contribution < -0.4 is 21.7 Å². The molecule has 1 heterocycles. The predicted molar refractivity (Wildman–Crippen MR) is 192 cm³/mol. The normalized spacial score (nSPS) is 26.3. The monoisotopic (exact) mass is 725 g/mol. The zero-order valence-corrected chi connectivity index (χ0v) is 31.4. The van der Waals surface area contributed by atoms with Crippen LogP contribution in [0, 0.1) is 29.1 Å². The molecule has 4 aliphatic carbocycles. The smallest absolute Gasteiger partial charge is 0.315 e. The average molecular weight is 726 g/mol. The quantitative estimate of drug-likeness (QED) is 0.239. The minimum absolute atomic E-state index is 0.0503. The molecule has 3 saturated carbocycles. The van der Waals surface area contributed by atoms with E-state index in [0.29, 0.717) is 38.6 Å². The fraction of sp³-hybridized carbons (Fsp3) is 0.711. The Kier molecular flexibility index (Phi) is 9.86. The van der Waals surface area contributed by atoms with Crippen LogP contribution >= 0.6 is 0 Å². The van der Waals surface area contributed by atoms with E-state index in [4.69, 9.17) is 5.73 Å². The summed E-state index contributed by atoms with van der Waals surface area (Å²) >= 11 is 0.